The Labute approximate surface area is 291 Å². The van der Waals surface area contributed by atoms with Crippen molar-refractivity contribution in [1.82, 2.24) is 0 Å². The summed E-state index contributed by atoms with van der Waals surface area (Å²) in [5.74, 6) is 0. The third-order valence-corrected chi connectivity index (χ3v) is 8.64. The van der Waals surface area contributed by atoms with Gasteiger partial charge in [-0.2, -0.15) is 0 Å². The van der Waals surface area contributed by atoms with Crippen molar-refractivity contribution in [3.05, 3.63) is 170 Å². The summed E-state index contributed by atoms with van der Waals surface area (Å²) in [6.07, 6.45) is 17.4. The second-order valence-electron chi connectivity index (χ2n) is 11.6. The van der Waals surface area contributed by atoms with Crippen LogP contribution in [-0.2, 0) is 13.1 Å². The second-order valence-corrected chi connectivity index (χ2v) is 11.6. The van der Waals surface area contributed by atoms with Crippen LogP contribution in [0.5, 0.6) is 0 Å². The van der Waals surface area contributed by atoms with Gasteiger partial charge in [0, 0.05) is 72.9 Å². The van der Waals surface area contributed by atoms with E-state index in [4.69, 9.17) is 0 Å². The molecule has 250 valence electrons. The summed E-state index contributed by atoms with van der Waals surface area (Å²) in [6, 6.07) is 35.1. The van der Waals surface area contributed by atoms with Gasteiger partial charge in [-0.3, -0.25) is 0 Å². The van der Waals surface area contributed by atoms with Gasteiger partial charge in [0.2, 0.25) is 0 Å². The largest absolute Gasteiger partial charge is 0.372 e. The summed E-state index contributed by atoms with van der Waals surface area (Å²) < 4.78 is 4.50. The molecule has 0 unspecified atom stereocenters. The molecule has 3 aromatic carbocycles. The normalized spacial score (nSPS) is 10.9. The Kier molecular flexibility index (Phi) is 14.8. The van der Waals surface area contributed by atoms with Crippen molar-refractivity contribution in [2.24, 2.45) is 0 Å². The molecular formula is C44H54N4. The lowest BCUT2D eigenvalue weighted by atomic mass is 10.1. The molecule has 2 heterocycles. The molecule has 5 rings (SSSR count). The summed E-state index contributed by atoms with van der Waals surface area (Å²) in [5, 5.41) is 0. The summed E-state index contributed by atoms with van der Waals surface area (Å²) in [7, 11) is 0. The predicted octanol–water partition coefficient (Wildman–Crippen LogP) is 9.29. The fourth-order valence-corrected chi connectivity index (χ4v) is 5.79. The maximum absolute atomic E-state index is 2.36. The third kappa shape index (κ3) is 10.3. The maximum atomic E-state index is 2.36. The highest BCUT2D eigenvalue weighted by atomic mass is 15.1. The summed E-state index contributed by atoms with van der Waals surface area (Å²) >= 11 is 0. The van der Waals surface area contributed by atoms with Crippen LogP contribution in [0.1, 0.15) is 61.1 Å². The van der Waals surface area contributed by atoms with E-state index in [2.05, 4.69) is 193 Å². The molecule has 4 nitrogen and oxygen atoms in total. The molecule has 0 aliphatic rings. The van der Waals surface area contributed by atoms with E-state index in [0.29, 0.717) is 0 Å². The fourth-order valence-electron chi connectivity index (χ4n) is 5.79. The van der Waals surface area contributed by atoms with Crippen molar-refractivity contribution in [3.63, 3.8) is 0 Å². The second kappa shape index (κ2) is 19.0. The first kappa shape index (κ1) is 37.5. The van der Waals surface area contributed by atoms with Crippen LogP contribution in [0.2, 0.25) is 0 Å². The highest BCUT2D eigenvalue weighted by Crippen LogP contribution is 2.18. The number of hydrogen-bond acceptors (Lipinski definition) is 2. The van der Waals surface area contributed by atoms with Crippen LogP contribution < -0.4 is 18.9 Å². The van der Waals surface area contributed by atoms with Crippen LogP contribution in [0.15, 0.2) is 122 Å². The van der Waals surface area contributed by atoms with Gasteiger partial charge in [-0.05, 0) is 74.2 Å². The zero-order valence-electron chi connectivity index (χ0n) is 29.9. The molecule has 0 bridgehead atoms. The van der Waals surface area contributed by atoms with Gasteiger partial charge in [-0.25, -0.2) is 9.13 Å². The molecule has 5 aromatic rings. The number of benzene rings is 3. The fraction of sp³-hybridized carbons (Fsp3) is 0.227. The van der Waals surface area contributed by atoms with E-state index < -0.39 is 0 Å². The van der Waals surface area contributed by atoms with E-state index in [1.807, 2.05) is 0 Å². The monoisotopic (exact) mass is 638 g/mol. The van der Waals surface area contributed by atoms with E-state index in [1.54, 1.807) is 0 Å². The van der Waals surface area contributed by atoms with Crippen LogP contribution in [0.4, 0.5) is 11.4 Å². The van der Waals surface area contributed by atoms with Crippen molar-refractivity contribution in [2.45, 2.75) is 40.8 Å². The summed E-state index contributed by atoms with van der Waals surface area (Å²) in [4.78, 5) is 4.73. The average Bonchev–Trinajstić information content (AvgIpc) is 3.11. The van der Waals surface area contributed by atoms with E-state index in [9.17, 15) is 0 Å². The van der Waals surface area contributed by atoms with Gasteiger partial charge in [0.25, 0.3) is 0 Å². The molecule has 0 saturated carbocycles. The van der Waals surface area contributed by atoms with Gasteiger partial charge in [0.15, 0.2) is 37.9 Å². The predicted molar refractivity (Wildman–Crippen MR) is 209 cm³/mol. The SMILES string of the molecule is CCN(CC)c1ccc(/C=C/c2cc[n+](Cc3ccccc3C[n+]3ccc(/C=C/c4ccc(N(CC)CC)cc4)cc3)cc2)cc1.[CH3-].[CH3-]. The lowest BCUT2D eigenvalue weighted by molar-refractivity contribution is -0.693. The molecule has 0 atom stereocenters. The highest BCUT2D eigenvalue weighted by Gasteiger charge is 2.12. The van der Waals surface area contributed by atoms with E-state index in [-0.39, 0.29) is 14.9 Å². The summed E-state index contributed by atoms with van der Waals surface area (Å²) in [6.45, 7) is 14.6. The molecule has 0 fully saturated rings. The van der Waals surface area contributed by atoms with Crippen molar-refractivity contribution >= 4 is 35.7 Å². The average molecular weight is 639 g/mol. The first-order valence-corrected chi connectivity index (χ1v) is 16.7. The van der Waals surface area contributed by atoms with Gasteiger partial charge in [0.1, 0.15) is 0 Å². The molecule has 0 aliphatic carbocycles. The van der Waals surface area contributed by atoms with Gasteiger partial charge in [-0.15, -0.1) is 0 Å². The van der Waals surface area contributed by atoms with Crippen LogP contribution >= 0.6 is 0 Å². The molecule has 4 heteroatoms. The molecule has 0 saturated heterocycles. The minimum atomic E-state index is 0. The lowest BCUT2D eigenvalue weighted by Gasteiger charge is -2.20. The molecule has 2 aromatic heterocycles. The van der Waals surface area contributed by atoms with E-state index in [1.165, 1.54) is 44.8 Å². The Balaban J connectivity index is 0.00000312. The van der Waals surface area contributed by atoms with Crippen molar-refractivity contribution < 1.29 is 9.13 Å². The molecular weight excluding hydrogens is 585 g/mol. The Morgan fingerprint density at radius 3 is 1.00 bits per heavy atom. The summed E-state index contributed by atoms with van der Waals surface area (Å²) in [5.41, 5.74) is 10.0. The first-order chi connectivity index (χ1) is 22.6. The standard InChI is InChI=1S/C42H48N4.2CH3/c1-5-45(6-2)41-21-17-35(18-22-41)13-15-37-25-29-43(30-26-37)33-39-11-9-10-12-40(39)34-44-31-27-38(28-32-44)16-14-36-19-23-42(24-20-36)46(7-3)8-4;;/h9-32H,5-8,33-34H2,1-4H3;2*1H3/q+2;2*-1. The third-order valence-electron chi connectivity index (χ3n) is 8.64. The first-order valence-electron chi connectivity index (χ1n) is 16.7. The number of aromatic nitrogens is 2. The Hall–Kier alpha value is -4.96. The van der Waals surface area contributed by atoms with Crippen molar-refractivity contribution in [3.8, 4) is 0 Å². The number of pyridine rings is 2. The Bertz CT molecular complexity index is 1560. The van der Waals surface area contributed by atoms with Crippen molar-refractivity contribution in [2.75, 3.05) is 36.0 Å². The van der Waals surface area contributed by atoms with Gasteiger partial charge in [-0.1, -0.05) is 72.8 Å². The minimum Gasteiger partial charge on any atom is -0.372 e. The zero-order valence-corrected chi connectivity index (χ0v) is 29.9. The quantitative estimate of drug-likeness (QED) is 0.0889. The number of anilines is 2. The lowest BCUT2D eigenvalue weighted by Crippen LogP contribution is -2.36. The van der Waals surface area contributed by atoms with Crippen molar-refractivity contribution in [1.29, 1.82) is 0 Å². The number of hydrogen-bond donors (Lipinski definition) is 0. The van der Waals surface area contributed by atoms with Crippen LogP contribution in [0.3, 0.4) is 0 Å². The number of nitrogens with zero attached hydrogens (tertiary/aromatic N) is 4. The van der Waals surface area contributed by atoms with Gasteiger partial charge in [0.05, 0.1) is 0 Å². The molecule has 48 heavy (non-hydrogen) atoms. The number of rotatable bonds is 14. The van der Waals surface area contributed by atoms with Crippen LogP contribution in [0.25, 0.3) is 24.3 Å². The topological polar surface area (TPSA) is 14.2 Å². The maximum Gasteiger partial charge on any atom is 0.174 e. The molecule has 0 aliphatic heterocycles. The Morgan fingerprint density at radius 1 is 0.417 bits per heavy atom. The van der Waals surface area contributed by atoms with E-state index in [0.717, 1.165) is 39.3 Å². The zero-order chi connectivity index (χ0) is 32.1. The Morgan fingerprint density at radius 2 is 0.708 bits per heavy atom. The van der Waals surface area contributed by atoms with E-state index >= 15 is 0 Å². The molecule has 0 amide bonds. The molecule has 0 N–H and O–H groups in total. The van der Waals surface area contributed by atoms with Crippen LogP contribution in [-0.4, -0.2) is 26.2 Å². The minimum absolute atomic E-state index is 0. The van der Waals surface area contributed by atoms with Gasteiger partial charge >= 0.3 is 0 Å². The smallest absolute Gasteiger partial charge is 0.174 e. The highest BCUT2D eigenvalue weighted by molar-refractivity contribution is 5.71. The molecule has 0 spiro atoms. The molecule has 0 radical (unpaired) electrons. The van der Waals surface area contributed by atoms with Gasteiger partial charge < -0.3 is 24.7 Å². The van der Waals surface area contributed by atoms with Crippen LogP contribution in [0, 0.1) is 14.9 Å².